The van der Waals surface area contributed by atoms with E-state index >= 15 is 0 Å². The predicted molar refractivity (Wildman–Crippen MR) is 101 cm³/mol. The summed E-state index contributed by atoms with van der Waals surface area (Å²) in [5, 5.41) is 13.6. The standard InChI is InChI=1S/C19H23N5O/c1-15(24(3)14-13-20-2)22-23-18-7-5-16(6-8-18)21-17-9-11-19(25-4)12-10-17/h5-14,20-21H,1H2,2-4H3/p+1/b14-13-,23-22?. The van der Waals surface area contributed by atoms with Gasteiger partial charge in [0.2, 0.25) is 0 Å². The number of ether oxygens (including phenoxy) is 1. The summed E-state index contributed by atoms with van der Waals surface area (Å²) in [5.41, 5.74) is 2.73. The topological polar surface area (TPSA) is 65.8 Å². The van der Waals surface area contributed by atoms with E-state index < -0.39 is 0 Å². The molecule has 0 bridgehead atoms. The van der Waals surface area contributed by atoms with E-state index in [4.69, 9.17) is 4.74 Å². The molecule has 0 unspecified atom stereocenters. The highest BCUT2D eigenvalue weighted by Crippen LogP contribution is 2.22. The fraction of sp³-hybridized carbons (Fsp3) is 0.158. The van der Waals surface area contributed by atoms with E-state index in [9.17, 15) is 0 Å². The minimum absolute atomic E-state index is 0.568. The summed E-state index contributed by atoms with van der Waals surface area (Å²) in [5.74, 6) is 1.40. The zero-order valence-corrected chi connectivity index (χ0v) is 14.8. The molecule has 0 atom stereocenters. The fourth-order valence-electron chi connectivity index (χ4n) is 1.94. The largest absolute Gasteiger partial charge is 0.497 e. The number of nitrogens with zero attached hydrogens (tertiary/aromatic N) is 3. The third-order valence-corrected chi connectivity index (χ3v) is 3.44. The lowest BCUT2D eigenvalue weighted by Crippen LogP contribution is -2.72. The van der Waals surface area contributed by atoms with Crippen LogP contribution in [-0.2, 0) is 0 Å². The van der Waals surface area contributed by atoms with Crippen LogP contribution in [-0.4, -0.2) is 26.1 Å². The van der Waals surface area contributed by atoms with Crippen molar-refractivity contribution in [2.24, 2.45) is 10.2 Å². The summed E-state index contributed by atoms with van der Waals surface area (Å²) >= 11 is 0. The van der Waals surface area contributed by atoms with Crippen LogP contribution < -0.4 is 15.4 Å². The highest BCUT2D eigenvalue weighted by atomic mass is 16.5. The maximum absolute atomic E-state index is 5.15. The van der Waals surface area contributed by atoms with Crippen molar-refractivity contribution in [3.8, 4) is 5.75 Å². The molecule has 0 saturated carbocycles. The van der Waals surface area contributed by atoms with Gasteiger partial charge in [-0.15, -0.1) is 10.2 Å². The van der Waals surface area contributed by atoms with Crippen molar-refractivity contribution < 1.29 is 10.1 Å². The van der Waals surface area contributed by atoms with Crippen LogP contribution in [0.4, 0.5) is 17.1 Å². The second kappa shape index (κ2) is 9.24. The normalized spacial score (nSPS) is 11.0. The second-order valence-electron chi connectivity index (χ2n) is 5.30. The molecule has 3 N–H and O–H groups in total. The Hall–Kier alpha value is -3.12. The van der Waals surface area contributed by atoms with Crippen LogP contribution in [0.15, 0.2) is 83.6 Å². The van der Waals surface area contributed by atoms with E-state index in [1.165, 1.54) is 0 Å². The van der Waals surface area contributed by atoms with Crippen LogP contribution in [0, 0.1) is 0 Å². The summed E-state index contributed by atoms with van der Waals surface area (Å²) in [4.78, 5) is 1.81. The second-order valence-corrected chi connectivity index (χ2v) is 5.30. The van der Waals surface area contributed by atoms with Gasteiger partial charge in [0.15, 0.2) is 0 Å². The number of nitrogens with two attached hydrogens (primary N) is 1. The van der Waals surface area contributed by atoms with E-state index in [2.05, 4.69) is 22.1 Å². The molecule has 0 amide bonds. The van der Waals surface area contributed by atoms with E-state index in [0.717, 1.165) is 22.8 Å². The highest BCUT2D eigenvalue weighted by Gasteiger charge is 1.98. The van der Waals surface area contributed by atoms with Crippen molar-refractivity contribution >= 4 is 17.1 Å². The number of benzene rings is 2. The molecular formula is C19H24N5O+. The molecule has 0 aliphatic heterocycles. The van der Waals surface area contributed by atoms with Gasteiger partial charge in [-0.25, -0.2) is 0 Å². The molecule has 2 aromatic carbocycles. The molecule has 0 aliphatic rings. The maximum atomic E-state index is 5.15. The van der Waals surface area contributed by atoms with Crippen molar-refractivity contribution in [1.82, 2.24) is 4.90 Å². The number of quaternary nitrogens is 1. The summed E-state index contributed by atoms with van der Waals surface area (Å²) < 4.78 is 5.15. The molecule has 2 rings (SSSR count). The molecule has 0 radical (unpaired) electrons. The lowest BCUT2D eigenvalue weighted by molar-refractivity contribution is -0.557. The first kappa shape index (κ1) is 18.2. The highest BCUT2D eigenvalue weighted by molar-refractivity contribution is 5.62. The predicted octanol–water partition coefficient (Wildman–Crippen LogP) is 3.59. The molecule has 0 aliphatic carbocycles. The molecule has 130 valence electrons. The molecule has 6 nitrogen and oxygen atoms in total. The van der Waals surface area contributed by atoms with Crippen LogP contribution in [0.1, 0.15) is 0 Å². The summed E-state index contributed by atoms with van der Waals surface area (Å²) in [6, 6.07) is 15.5. The lowest BCUT2D eigenvalue weighted by atomic mass is 10.2. The first-order valence-electron chi connectivity index (χ1n) is 7.93. The summed E-state index contributed by atoms with van der Waals surface area (Å²) in [6.45, 7) is 3.89. The van der Waals surface area contributed by atoms with E-state index in [-0.39, 0.29) is 0 Å². The Balaban J connectivity index is 1.95. The van der Waals surface area contributed by atoms with Gasteiger partial charge in [-0.3, -0.25) is 0 Å². The smallest absolute Gasteiger partial charge is 0.147 e. The molecule has 0 heterocycles. The molecular weight excluding hydrogens is 314 g/mol. The van der Waals surface area contributed by atoms with Crippen molar-refractivity contribution in [2.45, 2.75) is 0 Å². The van der Waals surface area contributed by atoms with Gasteiger partial charge in [0.25, 0.3) is 0 Å². The number of nitrogens with one attached hydrogen (secondary N) is 1. The first-order valence-corrected chi connectivity index (χ1v) is 7.93. The minimum Gasteiger partial charge on any atom is -0.497 e. The third-order valence-electron chi connectivity index (χ3n) is 3.44. The third kappa shape index (κ3) is 5.78. The lowest BCUT2D eigenvalue weighted by Gasteiger charge is -2.10. The summed E-state index contributed by atoms with van der Waals surface area (Å²) in [7, 11) is 5.49. The van der Waals surface area contributed by atoms with Crippen molar-refractivity contribution in [3.63, 3.8) is 0 Å². The zero-order chi connectivity index (χ0) is 18.1. The average Bonchev–Trinajstić information content (AvgIpc) is 2.65. The molecule has 0 spiro atoms. The molecule has 0 saturated heterocycles. The van der Waals surface area contributed by atoms with Crippen LogP contribution >= 0.6 is 0 Å². The molecule has 6 heteroatoms. The molecule has 0 aromatic heterocycles. The molecule has 0 fully saturated rings. The van der Waals surface area contributed by atoms with Gasteiger partial charge in [-0.2, -0.15) is 0 Å². The van der Waals surface area contributed by atoms with Gasteiger partial charge in [-0.05, 0) is 48.5 Å². The SMILES string of the molecule is C=C(N=Nc1ccc(Nc2ccc(OC)cc2)cc1)N(C)/C=C\[NH2+]C. The Kier molecular flexibility index (Phi) is 6.74. The monoisotopic (exact) mass is 338 g/mol. The maximum Gasteiger partial charge on any atom is 0.147 e. The van der Waals surface area contributed by atoms with Gasteiger partial charge in [-0.1, -0.05) is 6.58 Å². The van der Waals surface area contributed by atoms with E-state index in [1.54, 1.807) is 7.11 Å². The number of methoxy groups -OCH3 is 1. The van der Waals surface area contributed by atoms with Crippen LogP contribution in [0.5, 0.6) is 5.75 Å². The Morgan fingerprint density at radius 1 is 1.12 bits per heavy atom. The van der Waals surface area contributed by atoms with Crippen molar-refractivity contribution in [3.05, 3.63) is 73.3 Å². The summed E-state index contributed by atoms with van der Waals surface area (Å²) in [6.07, 6.45) is 3.80. The van der Waals surface area contributed by atoms with Gasteiger partial charge in [0, 0.05) is 18.4 Å². The van der Waals surface area contributed by atoms with Gasteiger partial charge in [0.05, 0.1) is 26.0 Å². The van der Waals surface area contributed by atoms with E-state index in [0.29, 0.717) is 5.82 Å². The van der Waals surface area contributed by atoms with Gasteiger partial charge >= 0.3 is 0 Å². The van der Waals surface area contributed by atoms with Crippen LogP contribution in [0.25, 0.3) is 0 Å². The van der Waals surface area contributed by atoms with Crippen LogP contribution in [0.2, 0.25) is 0 Å². The van der Waals surface area contributed by atoms with Gasteiger partial charge in [0.1, 0.15) is 17.8 Å². The zero-order valence-electron chi connectivity index (χ0n) is 14.8. The van der Waals surface area contributed by atoms with Crippen molar-refractivity contribution in [2.75, 3.05) is 26.5 Å². The van der Waals surface area contributed by atoms with Crippen LogP contribution in [0.3, 0.4) is 0 Å². The number of hydrogen-bond donors (Lipinski definition) is 2. The number of rotatable bonds is 8. The molecule has 2 aromatic rings. The quantitative estimate of drug-likeness (QED) is 0.723. The average molecular weight is 338 g/mol. The van der Waals surface area contributed by atoms with E-state index in [1.807, 2.05) is 85.2 Å². The minimum atomic E-state index is 0.568. The number of azo groups is 1. The Morgan fingerprint density at radius 2 is 1.72 bits per heavy atom. The van der Waals surface area contributed by atoms with Crippen molar-refractivity contribution in [1.29, 1.82) is 0 Å². The number of hydrogen-bond acceptors (Lipinski definition) is 5. The Morgan fingerprint density at radius 3 is 2.28 bits per heavy atom. The first-order chi connectivity index (χ1) is 12.1. The van der Waals surface area contributed by atoms with Gasteiger partial charge < -0.3 is 20.3 Å². The fourth-order valence-corrected chi connectivity index (χ4v) is 1.94. The Labute approximate surface area is 148 Å². The Bertz CT molecular complexity index is 735. The molecule has 25 heavy (non-hydrogen) atoms. The number of anilines is 2.